The number of anilines is 1. The van der Waals surface area contributed by atoms with E-state index in [-0.39, 0.29) is 11.1 Å². The molecular weight excluding hydrogens is 382 g/mol. The molecule has 0 radical (unpaired) electrons. The van der Waals surface area contributed by atoms with Gasteiger partial charge in [0.2, 0.25) is 11.8 Å². The van der Waals surface area contributed by atoms with Gasteiger partial charge in [-0.15, -0.1) is 21.5 Å². The van der Waals surface area contributed by atoms with Crippen LogP contribution in [0, 0.1) is 6.92 Å². The largest absolute Gasteiger partial charge is 0.416 e. The molecule has 25 heavy (non-hydrogen) atoms. The standard InChI is InChI=1S/C15H14ClN5O2S2/c1-8(14(22)19-11-4-3-5-17-13(11)16)25-15-21-20-12(23-15)6-10-7-24-9(2)18-10/h3-5,7-8H,6H2,1-2H3,(H,19,22)/t8-/m0/s1. The second-order valence-corrected chi connectivity index (χ2v) is 7.80. The van der Waals surface area contributed by atoms with Gasteiger partial charge in [0.05, 0.1) is 28.1 Å². The molecule has 0 bridgehead atoms. The SMILES string of the molecule is Cc1nc(Cc2nnc(S[C@@H](C)C(=O)Nc3cccnc3Cl)o2)cs1. The Morgan fingerprint density at radius 2 is 2.32 bits per heavy atom. The highest BCUT2D eigenvalue weighted by Gasteiger charge is 2.19. The molecule has 1 atom stereocenters. The van der Waals surface area contributed by atoms with E-state index in [1.165, 1.54) is 11.8 Å². The highest BCUT2D eigenvalue weighted by Crippen LogP contribution is 2.25. The van der Waals surface area contributed by atoms with Gasteiger partial charge in [0.1, 0.15) is 0 Å². The van der Waals surface area contributed by atoms with Crippen molar-refractivity contribution in [2.24, 2.45) is 0 Å². The van der Waals surface area contributed by atoms with E-state index in [2.05, 4.69) is 25.5 Å². The van der Waals surface area contributed by atoms with Gasteiger partial charge in [-0.25, -0.2) is 9.97 Å². The van der Waals surface area contributed by atoms with Gasteiger partial charge < -0.3 is 9.73 Å². The Morgan fingerprint density at radius 1 is 1.48 bits per heavy atom. The van der Waals surface area contributed by atoms with Crippen molar-refractivity contribution < 1.29 is 9.21 Å². The lowest BCUT2D eigenvalue weighted by Crippen LogP contribution is -2.22. The molecule has 1 N–H and O–H groups in total. The van der Waals surface area contributed by atoms with Gasteiger partial charge in [-0.1, -0.05) is 23.4 Å². The fraction of sp³-hybridized carbons (Fsp3) is 0.267. The summed E-state index contributed by atoms with van der Waals surface area (Å²) < 4.78 is 5.58. The zero-order valence-electron chi connectivity index (χ0n) is 13.4. The molecule has 0 aromatic carbocycles. The monoisotopic (exact) mass is 395 g/mol. The molecule has 0 aliphatic carbocycles. The molecule has 10 heteroatoms. The van der Waals surface area contributed by atoms with Gasteiger partial charge in [0, 0.05) is 11.6 Å². The summed E-state index contributed by atoms with van der Waals surface area (Å²) in [5.41, 5.74) is 1.35. The molecule has 3 heterocycles. The van der Waals surface area contributed by atoms with Crippen LogP contribution in [0.25, 0.3) is 0 Å². The van der Waals surface area contributed by atoms with Crippen LogP contribution in [-0.2, 0) is 11.2 Å². The van der Waals surface area contributed by atoms with Crippen molar-refractivity contribution in [3.05, 3.63) is 45.5 Å². The lowest BCUT2D eigenvalue weighted by molar-refractivity contribution is -0.115. The molecule has 0 aliphatic rings. The van der Waals surface area contributed by atoms with Crippen molar-refractivity contribution >= 4 is 46.3 Å². The number of pyridine rings is 1. The van der Waals surface area contributed by atoms with Crippen molar-refractivity contribution in [2.75, 3.05) is 5.32 Å². The molecule has 3 aromatic rings. The van der Waals surface area contributed by atoms with Gasteiger partial charge in [-0.2, -0.15) is 0 Å². The third-order valence-corrected chi connectivity index (χ3v) is 5.17. The minimum atomic E-state index is -0.439. The van der Waals surface area contributed by atoms with E-state index in [0.717, 1.165) is 10.7 Å². The number of thioether (sulfide) groups is 1. The number of halogens is 1. The van der Waals surface area contributed by atoms with Crippen LogP contribution in [0.15, 0.2) is 33.3 Å². The molecule has 0 fully saturated rings. The zero-order chi connectivity index (χ0) is 17.8. The number of hydrogen-bond donors (Lipinski definition) is 1. The zero-order valence-corrected chi connectivity index (χ0v) is 15.8. The summed E-state index contributed by atoms with van der Waals surface area (Å²) in [5.74, 6) is 0.241. The summed E-state index contributed by atoms with van der Waals surface area (Å²) in [6.07, 6.45) is 2.03. The smallest absolute Gasteiger partial charge is 0.277 e. The number of carbonyl (C=O) groups is 1. The van der Waals surface area contributed by atoms with Gasteiger partial charge >= 0.3 is 0 Å². The van der Waals surface area contributed by atoms with E-state index >= 15 is 0 Å². The van der Waals surface area contributed by atoms with Crippen LogP contribution in [-0.4, -0.2) is 31.3 Å². The summed E-state index contributed by atoms with van der Waals surface area (Å²) in [6.45, 7) is 3.69. The minimum Gasteiger partial charge on any atom is -0.416 e. The second-order valence-electron chi connectivity index (χ2n) is 5.09. The third kappa shape index (κ3) is 4.77. The minimum absolute atomic E-state index is 0.227. The Hall–Kier alpha value is -1.97. The number of aromatic nitrogens is 4. The van der Waals surface area contributed by atoms with Crippen LogP contribution in [0.2, 0.25) is 5.15 Å². The van der Waals surface area contributed by atoms with E-state index in [1.54, 1.807) is 36.6 Å². The Kier molecular flexibility index (Phi) is 5.67. The predicted octanol–water partition coefficient (Wildman–Crippen LogP) is 3.59. The van der Waals surface area contributed by atoms with Gasteiger partial charge in [-0.05, 0) is 26.0 Å². The van der Waals surface area contributed by atoms with Gasteiger partial charge in [0.15, 0.2) is 5.15 Å². The Labute approximate surface area is 157 Å². The first-order valence-electron chi connectivity index (χ1n) is 7.32. The number of carbonyl (C=O) groups excluding carboxylic acids is 1. The molecule has 0 aliphatic heterocycles. The van der Waals surface area contributed by atoms with Crippen LogP contribution in [0.5, 0.6) is 0 Å². The fourth-order valence-electron chi connectivity index (χ4n) is 1.92. The van der Waals surface area contributed by atoms with Crippen molar-refractivity contribution in [3.63, 3.8) is 0 Å². The Morgan fingerprint density at radius 3 is 3.04 bits per heavy atom. The Bertz CT molecular complexity index is 882. The molecule has 7 nitrogen and oxygen atoms in total. The average molecular weight is 396 g/mol. The predicted molar refractivity (Wildman–Crippen MR) is 97.2 cm³/mol. The topological polar surface area (TPSA) is 93.8 Å². The highest BCUT2D eigenvalue weighted by atomic mass is 35.5. The second kappa shape index (κ2) is 7.94. The summed E-state index contributed by atoms with van der Waals surface area (Å²) in [7, 11) is 0. The molecule has 3 rings (SSSR count). The van der Waals surface area contributed by atoms with Gasteiger partial charge in [0.25, 0.3) is 5.22 Å². The summed E-state index contributed by atoms with van der Waals surface area (Å²) in [6, 6.07) is 3.38. The quantitative estimate of drug-likeness (QED) is 0.503. The number of thiazole rings is 1. The Balaban J connectivity index is 1.58. The molecule has 0 saturated carbocycles. The molecule has 0 spiro atoms. The number of aryl methyl sites for hydroxylation is 1. The molecular formula is C15H14ClN5O2S2. The molecule has 130 valence electrons. The maximum Gasteiger partial charge on any atom is 0.277 e. The number of hydrogen-bond acceptors (Lipinski definition) is 8. The molecule has 3 aromatic heterocycles. The molecule has 1 amide bonds. The van der Waals surface area contributed by atoms with Crippen molar-refractivity contribution in [2.45, 2.75) is 30.7 Å². The lowest BCUT2D eigenvalue weighted by Gasteiger charge is -2.10. The highest BCUT2D eigenvalue weighted by molar-refractivity contribution is 8.00. The van der Waals surface area contributed by atoms with E-state index in [0.29, 0.717) is 23.2 Å². The maximum absolute atomic E-state index is 12.3. The van der Waals surface area contributed by atoms with Crippen molar-refractivity contribution in [1.82, 2.24) is 20.2 Å². The number of nitrogens with one attached hydrogen (secondary N) is 1. The first-order valence-corrected chi connectivity index (χ1v) is 9.46. The normalized spacial score (nSPS) is 12.1. The van der Waals surface area contributed by atoms with E-state index < -0.39 is 5.25 Å². The van der Waals surface area contributed by atoms with Crippen LogP contribution in [0.1, 0.15) is 23.5 Å². The van der Waals surface area contributed by atoms with E-state index in [9.17, 15) is 4.79 Å². The summed E-state index contributed by atoms with van der Waals surface area (Å²) in [4.78, 5) is 20.5. The summed E-state index contributed by atoms with van der Waals surface area (Å²) in [5, 5.41) is 13.8. The average Bonchev–Trinajstić information content (AvgIpc) is 3.19. The summed E-state index contributed by atoms with van der Waals surface area (Å²) >= 11 is 8.69. The van der Waals surface area contributed by atoms with Crippen LogP contribution >= 0.6 is 34.7 Å². The molecule has 0 unspecified atom stereocenters. The van der Waals surface area contributed by atoms with Crippen molar-refractivity contribution in [3.8, 4) is 0 Å². The third-order valence-electron chi connectivity index (χ3n) is 3.11. The van der Waals surface area contributed by atoms with Gasteiger partial charge in [-0.3, -0.25) is 4.79 Å². The van der Waals surface area contributed by atoms with Crippen LogP contribution < -0.4 is 5.32 Å². The molecule has 0 saturated heterocycles. The van der Waals surface area contributed by atoms with Crippen LogP contribution in [0.3, 0.4) is 0 Å². The van der Waals surface area contributed by atoms with E-state index in [4.69, 9.17) is 16.0 Å². The maximum atomic E-state index is 12.3. The van der Waals surface area contributed by atoms with E-state index in [1.807, 2.05) is 12.3 Å². The van der Waals surface area contributed by atoms with Crippen LogP contribution in [0.4, 0.5) is 5.69 Å². The van der Waals surface area contributed by atoms with Crippen molar-refractivity contribution in [1.29, 1.82) is 0 Å². The fourth-order valence-corrected chi connectivity index (χ4v) is 3.40. The first-order chi connectivity index (χ1) is 12.0. The number of rotatable bonds is 6. The first kappa shape index (κ1) is 17.8. The number of nitrogens with zero attached hydrogens (tertiary/aromatic N) is 4. The number of amides is 1. The lowest BCUT2D eigenvalue weighted by atomic mass is 10.3.